The first-order valence-corrected chi connectivity index (χ1v) is 6.04. The van der Waals surface area contributed by atoms with E-state index in [1.54, 1.807) is 16.8 Å². The van der Waals surface area contributed by atoms with Gasteiger partial charge in [0.1, 0.15) is 18.0 Å². The first kappa shape index (κ1) is 13.0. The van der Waals surface area contributed by atoms with Crippen molar-refractivity contribution in [2.45, 2.75) is 26.4 Å². The Morgan fingerprint density at radius 3 is 3.00 bits per heavy atom. The third-order valence-electron chi connectivity index (χ3n) is 2.67. The highest BCUT2D eigenvalue weighted by atomic mass is 19.1. The number of aryl methyl sites for hydroxylation is 1. The Morgan fingerprint density at radius 1 is 1.47 bits per heavy atom. The summed E-state index contributed by atoms with van der Waals surface area (Å²) < 4.78 is 15.4. The number of aromatic nitrogens is 3. The van der Waals surface area contributed by atoms with Crippen LogP contribution in [0.3, 0.4) is 0 Å². The Balaban J connectivity index is 2.06. The largest absolute Gasteiger partial charge is 0.375 e. The summed E-state index contributed by atoms with van der Waals surface area (Å²) in [6, 6.07) is 6.23. The molecule has 6 heteroatoms. The van der Waals surface area contributed by atoms with Crippen molar-refractivity contribution in [3.63, 3.8) is 0 Å². The zero-order valence-corrected chi connectivity index (χ0v) is 10.6. The SMILES string of the molecule is CCCn1ncnc1CNc1ccc(C#N)cc1F. The minimum atomic E-state index is -0.444. The van der Waals surface area contributed by atoms with Gasteiger partial charge in [0.2, 0.25) is 0 Å². The molecule has 19 heavy (non-hydrogen) atoms. The van der Waals surface area contributed by atoms with Crippen molar-refractivity contribution in [2.75, 3.05) is 5.32 Å². The number of halogens is 1. The molecule has 0 aliphatic heterocycles. The topological polar surface area (TPSA) is 66.5 Å². The summed E-state index contributed by atoms with van der Waals surface area (Å²) in [6.07, 6.45) is 2.45. The lowest BCUT2D eigenvalue weighted by molar-refractivity contribution is 0.572. The monoisotopic (exact) mass is 259 g/mol. The van der Waals surface area contributed by atoms with E-state index in [0.29, 0.717) is 17.8 Å². The van der Waals surface area contributed by atoms with Crippen LogP contribution in [0.1, 0.15) is 24.7 Å². The van der Waals surface area contributed by atoms with Crippen LogP contribution in [-0.2, 0) is 13.1 Å². The summed E-state index contributed by atoms with van der Waals surface area (Å²) >= 11 is 0. The zero-order valence-electron chi connectivity index (χ0n) is 10.6. The van der Waals surface area contributed by atoms with Crippen LogP contribution >= 0.6 is 0 Å². The molecule has 0 saturated heterocycles. The van der Waals surface area contributed by atoms with Gasteiger partial charge in [0, 0.05) is 6.54 Å². The van der Waals surface area contributed by atoms with Gasteiger partial charge >= 0.3 is 0 Å². The number of nitrogens with one attached hydrogen (secondary N) is 1. The third kappa shape index (κ3) is 3.07. The highest BCUT2D eigenvalue weighted by Gasteiger charge is 2.06. The van der Waals surface area contributed by atoms with Crippen LogP contribution in [0.15, 0.2) is 24.5 Å². The second-order valence-corrected chi connectivity index (χ2v) is 4.06. The van der Waals surface area contributed by atoms with Gasteiger partial charge in [-0.15, -0.1) is 0 Å². The summed E-state index contributed by atoms with van der Waals surface area (Å²) in [5, 5.41) is 15.7. The summed E-state index contributed by atoms with van der Waals surface area (Å²) in [7, 11) is 0. The van der Waals surface area contributed by atoms with E-state index < -0.39 is 5.82 Å². The van der Waals surface area contributed by atoms with Crippen LogP contribution < -0.4 is 5.32 Å². The molecule has 0 fully saturated rings. The molecule has 0 atom stereocenters. The van der Waals surface area contributed by atoms with Crippen molar-refractivity contribution in [3.8, 4) is 6.07 Å². The summed E-state index contributed by atoms with van der Waals surface area (Å²) in [4.78, 5) is 4.13. The van der Waals surface area contributed by atoms with E-state index in [0.717, 1.165) is 18.8 Å². The Kier molecular flexibility index (Phi) is 4.08. The fourth-order valence-corrected chi connectivity index (χ4v) is 1.73. The van der Waals surface area contributed by atoms with Crippen molar-refractivity contribution in [3.05, 3.63) is 41.7 Å². The third-order valence-corrected chi connectivity index (χ3v) is 2.67. The van der Waals surface area contributed by atoms with Gasteiger partial charge in [0.25, 0.3) is 0 Å². The standard InChI is InChI=1S/C13H14FN5/c1-2-5-19-13(17-9-18-19)8-16-12-4-3-10(7-15)6-11(12)14/h3-4,6,9,16H,2,5,8H2,1H3. The molecule has 0 saturated carbocycles. The number of anilines is 1. The van der Waals surface area contributed by atoms with Gasteiger partial charge < -0.3 is 5.32 Å². The maximum absolute atomic E-state index is 13.7. The van der Waals surface area contributed by atoms with Gasteiger partial charge in [0.05, 0.1) is 23.9 Å². The van der Waals surface area contributed by atoms with Gasteiger partial charge in [-0.1, -0.05) is 6.92 Å². The maximum atomic E-state index is 13.7. The van der Waals surface area contributed by atoms with E-state index >= 15 is 0 Å². The van der Waals surface area contributed by atoms with E-state index in [2.05, 4.69) is 22.3 Å². The Bertz CT molecular complexity index is 599. The van der Waals surface area contributed by atoms with Crippen LogP contribution in [-0.4, -0.2) is 14.8 Å². The van der Waals surface area contributed by atoms with E-state index in [-0.39, 0.29) is 0 Å². The van der Waals surface area contributed by atoms with E-state index in [1.807, 2.05) is 6.07 Å². The smallest absolute Gasteiger partial charge is 0.147 e. The van der Waals surface area contributed by atoms with Crippen molar-refractivity contribution < 1.29 is 4.39 Å². The van der Waals surface area contributed by atoms with Crippen LogP contribution in [0.4, 0.5) is 10.1 Å². The molecular formula is C13H14FN5. The maximum Gasteiger partial charge on any atom is 0.147 e. The molecule has 0 radical (unpaired) electrons. The van der Waals surface area contributed by atoms with Crippen molar-refractivity contribution in [2.24, 2.45) is 0 Å². The molecule has 0 bridgehead atoms. The van der Waals surface area contributed by atoms with Gasteiger partial charge in [0.15, 0.2) is 0 Å². The van der Waals surface area contributed by atoms with Gasteiger partial charge in [-0.05, 0) is 24.6 Å². The first-order valence-electron chi connectivity index (χ1n) is 6.04. The molecule has 2 aromatic rings. The molecule has 0 aliphatic rings. The minimum Gasteiger partial charge on any atom is -0.375 e. The molecule has 98 valence electrons. The average molecular weight is 259 g/mol. The molecule has 1 N–H and O–H groups in total. The quantitative estimate of drug-likeness (QED) is 0.894. The predicted molar refractivity (Wildman–Crippen MR) is 68.8 cm³/mol. The second-order valence-electron chi connectivity index (χ2n) is 4.06. The number of nitrogens with zero attached hydrogens (tertiary/aromatic N) is 4. The van der Waals surface area contributed by atoms with Crippen LogP contribution in [0, 0.1) is 17.1 Å². The lowest BCUT2D eigenvalue weighted by atomic mass is 10.2. The fraction of sp³-hybridized carbons (Fsp3) is 0.308. The van der Waals surface area contributed by atoms with Crippen LogP contribution in [0.5, 0.6) is 0 Å². The Hall–Kier alpha value is -2.42. The van der Waals surface area contributed by atoms with Crippen molar-refractivity contribution >= 4 is 5.69 Å². The van der Waals surface area contributed by atoms with E-state index in [9.17, 15) is 4.39 Å². The summed E-state index contributed by atoms with van der Waals surface area (Å²) in [6.45, 7) is 3.23. The summed E-state index contributed by atoms with van der Waals surface area (Å²) in [5.41, 5.74) is 0.655. The molecule has 1 aromatic heterocycles. The Labute approximate surface area is 110 Å². The normalized spacial score (nSPS) is 10.2. The van der Waals surface area contributed by atoms with Gasteiger partial charge in [-0.25, -0.2) is 14.1 Å². The number of hydrogen-bond acceptors (Lipinski definition) is 4. The van der Waals surface area contributed by atoms with Crippen molar-refractivity contribution in [1.82, 2.24) is 14.8 Å². The van der Waals surface area contributed by atoms with Crippen LogP contribution in [0.2, 0.25) is 0 Å². The first-order chi connectivity index (χ1) is 9.24. The van der Waals surface area contributed by atoms with Gasteiger partial charge in [-0.2, -0.15) is 10.4 Å². The molecule has 0 spiro atoms. The molecule has 1 aromatic carbocycles. The number of nitriles is 1. The Morgan fingerprint density at radius 2 is 2.32 bits per heavy atom. The number of benzene rings is 1. The summed E-state index contributed by atoms with van der Waals surface area (Å²) in [5.74, 6) is 0.311. The molecule has 2 rings (SSSR count). The van der Waals surface area contributed by atoms with E-state index in [4.69, 9.17) is 5.26 Å². The number of rotatable bonds is 5. The fourth-order valence-electron chi connectivity index (χ4n) is 1.73. The molecule has 0 aliphatic carbocycles. The van der Waals surface area contributed by atoms with Crippen LogP contribution in [0.25, 0.3) is 0 Å². The van der Waals surface area contributed by atoms with E-state index in [1.165, 1.54) is 12.4 Å². The highest BCUT2D eigenvalue weighted by Crippen LogP contribution is 2.16. The number of hydrogen-bond donors (Lipinski definition) is 1. The average Bonchev–Trinajstić information content (AvgIpc) is 2.85. The minimum absolute atomic E-state index is 0.303. The second kappa shape index (κ2) is 5.96. The highest BCUT2D eigenvalue weighted by molar-refractivity contribution is 5.48. The zero-order chi connectivity index (χ0) is 13.7. The van der Waals surface area contributed by atoms with Gasteiger partial charge in [-0.3, -0.25) is 0 Å². The predicted octanol–water partition coefficient (Wildman–Crippen LogP) is 2.31. The lowest BCUT2D eigenvalue weighted by Gasteiger charge is -2.08. The molecule has 0 unspecified atom stereocenters. The molecular weight excluding hydrogens is 245 g/mol. The lowest BCUT2D eigenvalue weighted by Crippen LogP contribution is -2.10. The molecule has 0 amide bonds. The van der Waals surface area contributed by atoms with Crippen molar-refractivity contribution in [1.29, 1.82) is 5.26 Å². The molecule has 5 nitrogen and oxygen atoms in total. The molecule has 1 heterocycles.